The Labute approximate surface area is 78.9 Å². The quantitative estimate of drug-likeness (QED) is 0.625. The van der Waals surface area contributed by atoms with E-state index in [2.05, 4.69) is 31.2 Å². The summed E-state index contributed by atoms with van der Waals surface area (Å²) in [5, 5.41) is 0. The van der Waals surface area contributed by atoms with Gasteiger partial charge in [-0.15, -0.1) is 11.6 Å². The summed E-state index contributed by atoms with van der Waals surface area (Å²) in [6, 6.07) is 8.52. The maximum atomic E-state index is 5.52. The van der Waals surface area contributed by atoms with Crippen molar-refractivity contribution >= 4 is 17.7 Å². The lowest BCUT2D eigenvalue weighted by Crippen LogP contribution is -1.78. The largest absolute Gasteiger partial charge is 0.122 e. The van der Waals surface area contributed by atoms with Crippen LogP contribution in [0.25, 0.3) is 6.08 Å². The minimum Gasteiger partial charge on any atom is -0.122 e. The Hall–Kier alpha value is -0.750. The zero-order valence-electron chi connectivity index (χ0n) is 7.26. The van der Waals surface area contributed by atoms with Crippen molar-refractivity contribution in [2.24, 2.45) is 0 Å². The topological polar surface area (TPSA) is 0 Å². The lowest BCUT2D eigenvalue weighted by atomic mass is 10.1. The molecule has 64 valence electrons. The van der Waals surface area contributed by atoms with E-state index in [0.29, 0.717) is 5.88 Å². The van der Waals surface area contributed by atoms with Gasteiger partial charge in [0.25, 0.3) is 0 Å². The number of benzene rings is 1. The molecule has 0 aromatic heterocycles. The van der Waals surface area contributed by atoms with Gasteiger partial charge in [-0.05, 0) is 17.5 Å². The van der Waals surface area contributed by atoms with Gasteiger partial charge < -0.3 is 0 Å². The smallest absolute Gasteiger partial charge is 0.0407 e. The average molecular weight is 181 g/mol. The molecule has 1 rings (SSSR count). The van der Waals surface area contributed by atoms with Gasteiger partial charge in [0.2, 0.25) is 0 Å². The van der Waals surface area contributed by atoms with Gasteiger partial charge in [-0.1, -0.05) is 43.3 Å². The SMILES string of the molecule is CCc1ccc(C=CCCl)cc1. The summed E-state index contributed by atoms with van der Waals surface area (Å²) >= 11 is 5.52. The Kier molecular flexibility index (Phi) is 3.89. The maximum absolute atomic E-state index is 5.52. The van der Waals surface area contributed by atoms with Crippen LogP contribution in [-0.4, -0.2) is 5.88 Å². The van der Waals surface area contributed by atoms with Crippen LogP contribution in [0.4, 0.5) is 0 Å². The Balaban J connectivity index is 2.71. The molecule has 0 radical (unpaired) electrons. The van der Waals surface area contributed by atoms with Gasteiger partial charge >= 0.3 is 0 Å². The summed E-state index contributed by atoms with van der Waals surface area (Å²) in [5.74, 6) is 0.579. The minimum absolute atomic E-state index is 0.579. The highest BCUT2D eigenvalue weighted by atomic mass is 35.5. The molecule has 0 bridgehead atoms. The number of aryl methyl sites for hydroxylation is 1. The predicted octanol–water partition coefficient (Wildman–Crippen LogP) is 3.50. The highest BCUT2D eigenvalue weighted by Gasteiger charge is 1.87. The minimum atomic E-state index is 0.579. The van der Waals surface area contributed by atoms with Gasteiger partial charge in [-0.25, -0.2) is 0 Å². The predicted molar refractivity (Wildman–Crippen MR) is 55.6 cm³/mol. The van der Waals surface area contributed by atoms with Crippen LogP contribution in [0, 0.1) is 0 Å². The molecule has 0 aliphatic rings. The number of rotatable bonds is 3. The van der Waals surface area contributed by atoms with E-state index in [1.807, 2.05) is 12.2 Å². The van der Waals surface area contributed by atoms with Crippen LogP contribution in [0.2, 0.25) is 0 Å². The number of halogens is 1. The summed E-state index contributed by atoms with van der Waals surface area (Å²) in [4.78, 5) is 0. The summed E-state index contributed by atoms with van der Waals surface area (Å²) in [7, 11) is 0. The molecule has 0 saturated carbocycles. The van der Waals surface area contributed by atoms with Crippen molar-refractivity contribution in [2.75, 3.05) is 5.88 Å². The lowest BCUT2D eigenvalue weighted by molar-refractivity contribution is 1.14. The van der Waals surface area contributed by atoms with Crippen LogP contribution in [0.1, 0.15) is 18.1 Å². The molecule has 0 saturated heterocycles. The van der Waals surface area contributed by atoms with Gasteiger partial charge in [-0.2, -0.15) is 0 Å². The second kappa shape index (κ2) is 5.00. The molecule has 0 unspecified atom stereocenters. The van der Waals surface area contributed by atoms with Crippen LogP contribution >= 0.6 is 11.6 Å². The molecular formula is C11H13Cl. The summed E-state index contributed by atoms with van der Waals surface area (Å²) in [6.45, 7) is 2.16. The third-order valence-corrected chi connectivity index (χ3v) is 1.97. The molecule has 0 spiro atoms. The normalized spacial score (nSPS) is 10.8. The zero-order valence-corrected chi connectivity index (χ0v) is 8.01. The Morgan fingerprint density at radius 2 is 1.92 bits per heavy atom. The van der Waals surface area contributed by atoms with Crippen LogP contribution in [0.3, 0.4) is 0 Å². The number of allylic oxidation sites excluding steroid dienone is 1. The number of alkyl halides is 1. The van der Waals surface area contributed by atoms with Gasteiger partial charge in [0.05, 0.1) is 0 Å². The molecule has 1 heteroatoms. The fraction of sp³-hybridized carbons (Fsp3) is 0.273. The molecule has 0 fully saturated rings. The molecule has 0 atom stereocenters. The first-order chi connectivity index (χ1) is 5.86. The standard InChI is InChI=1S/C11H13Cl/c1-2-10-5-7-11(8-6-10)4-3-9-12/h3-8H,2,9H2,1H3. The summed E-state index contributed by atoms with van der Waals surface area (Å²) in [6.07, 6.45) is 5.08. The first-order valence-corrected chi connectivity index (χ1v) is 4.71. The lowest BCUT2D eigenvalue weighted by Gasteiger charge is -1.96. The molecule has 12 heavy (non-hydrogen) atoms. The molecular weight excluding hydrogens is 168 g/mol. The fourth-order valence-corrected chi connectivity index (χ4v) is 1.13. The Bertz CT molecular complexity index is 246. The molecule has 0 aliphatic carbocycles. The van der Waals surface area contributed by atoms with Crippen molar-refractivity contribution in [2.45, 2.75) is 13.3 Å². The highest BCUT2D eigenvalue weighted by Crippen LogP contribution is 2.06. The molecule has 1 aromatic carbocycles. The van der Waals surface area contributed by atoms with Crippen LogP contribution in [0.5, 0.6) is 0 Å². The van der Waals surface area contributed by atoms with E-state index >= 15 is 0 Å². The number of hydrogen-bond donors (Lipinski definition) is 0. The molecule has 1 aromatic rings. The van der Waals surface area contributed by atoms with Gasteiger partial charge in [0.15, 0.2) is 0 Å². The number of hydrogen-bond acceptors (Lipinski definition) is 0. The average Bonchev–Trinajstić information content (AvgIpc) is 2.15. The molecule has 0 aliphatic heterocycles. The van der Waals surface area contributed by atoms with Crippen LogP contribution in [-0.2, 0) is 6.42 Å². The fourth-order valence-electron chi connectivity index (χ4n) is 1.05. The maximum Gasteiger partial charge on any atom is 0.0407 e. The highest BCUT2D eigenvalue weighted by molar-refractivity contribution is 6.19. The van der Waals surface area contributed by atoms with Crippen molar-refractivity contribution in [1.82, 2.24) is 0 Å². The van der Waals surface area contributed by atoms with Gasteiger partial charge in [-0.3, -0.25) is 0 Å². The summed E-state index contributed by atoms with van der Waals surface area (Å²) < 4.78 is 0. The zero-order chi connectivity index (χ0) is 8.81. The molecule has 0 N–H and O–H groups in total. The molecule has 0 nitrogen and oxygen atoms in total. The van der Waals surface area contributed by atoms with E-state index in [9.17, 15) is 0 Å². The van der Waals surface area contributed by atoms with Crippen LogP contribution in [0.15, 0.2) is 30.3 Å². The van der Waals surface area contributed by atoms with Crippen molar-refractivity contribution in [3.8, 4) is 0 Å². The second-order valence-electron chi connectivity index (χ2n) is 2.65. The van der Waals surface area contributed by atoms with Gasteiger partial charge in [0.1, 0.15) is 0 Å². The Morgan fingerprint density at radius 1 is 1.25 bits per heavy atom. The third kappa shape index (κ3) is 2.71. The van der Waals surface area contributed by atoms with E-state index in [1.165, 1.54) is 11.1 Å². The van der Waals surface area contributed by atoms with E-state index in [-0.39, 0.29) is 0 Å². The first kappa shape index (κ1) is 9.34. The second-order valence-corrected chi connectivity index (χ2v) is 2.96. The molecule has 0 heterocycles. The van der Waals surface area contributed by atoms with Crippen molar-refractivity contribution < 1.29 is 0 Å². The summed E-state index contributed by atoms with van der Waals surface area (Å²) in [5.41, 5.74) is 2.59. The van der Waals surface area contributed by atoms with Crippen molar-refractivity contribution in [3.05, 3.63) is 41.5 Å². The van der Waals surface area contributed by atoms with Crippen LogP contribution < -0.4 is 0 Å². The van der Waals surface area contributed by atoms with Crippen molar-refractivity contribution in [1.29, 1.82) is 0 Å². The van der Waals surface area contributed by atoms with E-state index in [1.54, 1.807) is 0 Å². The van der Waals surface area contributed by atoms with E-state index in [4.69, 9.17) is 11.6 Å². The van der Waals surface area contributed by atoms with E-state index < -0.39 is 0 Å². The van der Waals surface area contributed by atoms with Gasteiger partial charge in [0, 0.05) is 5.88 Å². The van der Waals surface area contributed by atoms with Crippen molar-refractivity contribution in [3.63, 3.8) is 0 Å². The Morgan fingerprint density at radius 3 is 2.42 bits per heavy atom. The monoisotopic (exact) mass is 180 g/mol. The third-order valence-electron chi connectivity index (χ3n) is 1.79. The molecule has 0 amide bonds. The van der Waals surface area contributed by atoms with E-state index in [0.717, 1.165) is 6.42 Å². The first-order valence-electron chi connectivity index (χ1n) is 4.18.